The lowest BCUT2D eigenvalue weighted by atomic mass is 10.1. The van der Waals surface area contributed by atoms with Gasteiger partial charge in [0.05, 0.1) is 12.1 Å². The molecule has 0 aliphatic heterocycles. The van der Waals surface area contributed by atoms with Gasteiger partial charge in [0.2, 0.25) is 5.91 Å². The fourth-order valence-corrected chi connectivity index (χ4v) is 4.07. The van der Waals surface area contributed by atoms with Gasteiger partial charge < -0.3 is 15.0 Å². The lowest BCUT2D eigenvalue weighted by molar-refractivity contribution is -0.120. The van der Waals surface area contributed by atoms with Gasteiger partial charge in [-0.25, -0.2) is 9.37 Å². The van der Waals surface area contributed by atoms with Crippen molar-refractivity contribution >= 4 is 29.2 Å². The number of thioether (sulfide) groups is 1. The summed E-state index contributed by atoms with van der Waals surface area (Å²) < 4.78 is 15.2. The molecule has 2 aromatic heterocycles. The van der Waals surface area contributed by atoms with E-state index in [1.54, 1.807) is 36.0 Å². The Hall–Kier alpha value is -3.65. The fraction of sp³-hybridized carbons (Fsp3) is 0.160. The molecule has 33 heavy (non-hydrogen) atoms. The van der Waals surface area contributed by atoms with Gasteiger partial charge >= 0.3 is 0 Å². The number of halogens is 1. The highest BCUT2D eigenvalue weighted by Crippen LogP contribution is 2.23. The first-order chi connectivity index (χ1) is 16.1. The Kier molecular flexibility index (Phi) is 7.36. The van der Waals surface area contributed by atoms with Gasteiger partial charge in [-0.1, -0.05) is 18.2 Å². The number of imidazole rings is 1. The maximum Gasteiger partial charge on any atom is 0.251 e. The second-order valence-electron chi connectivity index (χ2n) is 7.42. The van der Waals surface area contributed by atoms with Crippen LogP contribution in [-0.4, -0.2) is 34.3 Å². The van der Waals surface area contributed by atoms with Crippen LogP contribution in [0.1, 0.15) is 21.6 Å². The van der Waals surface area contributed by atoms with Crippen LogP contribution in [0.4, 0.5) is 4.39 Å². The molecule has 0 bridgehead atoms. The number of aromatic nitrogens is 2. The molecule has 2 N–H and O–H groups in total. The molecule has 0 saturated heterocycles. The Labute approximate surface area is 195 Å². The summed E-state index contributed by atoms with van der Waals surface area (Å²) in [5, 5.41) is 5.51. The smallest absolute Gasteiger partial charge is 0.251 e. The van der Waals surface area contributed by atoms with E-state index in [-0.39, 0.29) is 24.1 Å². The molecule has 4 rings (SSSR count). The number of rotatable bonds is 9. The summed E-state index contributed by atoms with van der Waals surface area (Å²) in [5.74, 6) is -0.0528. The van der Waals surface area contributed by atoms with Gasteiger partial charge in [0.15, 0.2) is 0 Å². The minimum Gasteiger partial charge on any atom is -0.354 e. The van der Waals surface area contributed by atoms with Crippen molar-refractivity contribution in [3.8, 4) is 0 Å². The predicted octanol–water partition coefficient (Wildman–Crippen LogP) is 3.85. The van der Waals surface area contributed by atoms with E-state index in [4.69, 9.17) is 0 Å². The zero-order valence-corrected chi connectivity index (χ0v) is 18.6. The standard InChI is InChI=1S/C25H23FN4O2S/c26-20-5-3-4-18(14-20)15-24(31)27-11-12-28-25(32)19-7-9-22(10-8-19)33-17-21-16-30-13-2-1-6-23(30)29-21/h1-10,13-14,16H,11-12,15,17H2,(H,27,31)(H,28,32). The Morgan fingerprint density at radius 2 is 1.79 bits per heavy atom. The van der Waals surface area contributed by atoms with Crippen LogP contribution in [0, 0.1) is 5.82 Å². The number of pyridine rings is 1. The SMILES string of the molecule is O=C(Cc1cccc(F)c1)NCCNC(=O)c1ccc(SCc2cn3ccccc3n2)cc1. The quantitative estimate of drug-likeness (QED) is 0.293. The molecule has 168 valence electrons. The summed E-state index contributed by atoms with van der Waals surface area (Å²) >= 11 is 1.66. The number of benzene rings is 2. The van der Waals surface area contributed by atoms with Crippen molar-refractivity contribution in [2.24, 2.45) is 0 Å². The van der Waals surface area contributed by atoms with Crippen molar-refractivity contribution in [2.75, 3.05) is 13.1 Å². The summed E-state index contributed by atoms with van der Waals surface area (Å²) in [6, 6.07) is 19.2. The number of hydrogen-bond donors (Lipinski definition) is 2. The van der Waals surface area contributed by atoms with Crippen LogP contribution in [0.5, 0.6) is 0 Å². The zero-order chi connectivity index (χ0) is 23.0. The van der Waals surface area contributed by atoms with Gasteiger partial charge in [0.1, 0.15) is 11.5 Å². The maximum absolute atomic E-state index is 13.2. The van der Waals surface area contributed by atoms with Crippen LogP contribution >= 0.6 is 11.8 Å². The summed E-state index contributed by atoms with van der Waals surface area (Å²) in [7, 11) is 0. The van der Waals surface area contributed by atoms with Crippen molar-refractivity contribution in [3.05, 3.63) is 102 Å². The number of nitrogens with zero attached hydrogens (tertiary/aromatic N) is 2. The van der Waals surface area contributed by atoms with Crippen LogP contribution < -0.4 is 10.6 Å². The fourth-order valence-electron chi connectivity index (χ4n) is 3.29. The molecule has 2 heterocycles. The largest absolute Gasteiger partial charge is 0.354 e. The minimum absolute atomic E-state index is 0.0970. The summed E-state index contributed by atoms with van der Waals surface area (Å²) in [6.07, 6.45) is 4.08. The molecular formula is C25H23FN4O2S. The van der Waals surface area contributed by atoms with E-state index in [0.717, 1.165) is 22.0 Å². The molecular weight excluding hydrogens is 439 g/mol. The molecule has 0 saturated carbocycles. The lowest BCUT2D eigenvalue weighted by Gasteiger charge is -2.08. The molecule has 4 aromatic rings. The van der Waals surface area contributed by atoms with E-state index in [2.05, 4.69) is 15.6 Å². The lowest BCUT2D eigenvalue weighted by Crippen LogP contribution is -2.35. The summed E-state index contributed by atoms with van der Waals surface area (Å²) in [5.41, 5.74) is 3.08. The van der Waals surface area contributed by atoms with Gasteiger partial charge in [-0.2, -0.15) is 0 Å². The van der Waals surface area contributed by atoms with Crippen molar-refractivity contribution in [1.29, 1.82) is 0 Å². The van der Waals surface area contributed by atoms with Gasteiger partial charge in [-0.15, -0.1) is 11.8 Å². The molecule has 0 spiro atoms. The molecule has 0 aliphatic carbocycles. The van der Waals surface area contributed by atoms with E-state index in [1.807, 2.05) is 47.1 Å². The third-order valence-electron chi connectivity index (χ3n) is 4.90. The molecule has 0 radical (unpaired) electrons. The molecule has 0 unspecified atom stereocenters. The highest BCUT2D eigenvalue weighted by molar-refractivity contribution is 7.98. The number of fused-ring (bicyclic) bond motifs is 1. The Bertz CT molecular complexity index is 1220. The number of hydrogen-bond acceptors (Lipinski definition) is 4. The van der Waals surface area contributed by atoms with E-state index in [1.165, 1.54) is 12.1 Å². The van der Waals surface area contributed by atoms with Crippen molar-refractivity contribution in [1.82, 2.24) is 20.0 Å². The molecule has 0 aliphatic rings. The van der Waals surface area contributed by atoms with E-state index >= 15 is 0 Å². The van der Waals surface area contributed by atoms with E-state index in [9.17, 15) is 14.0 Å². The van der Waals surface area contributed by atoms with Crippen LogP contribution in [0.15, 0.2) is 84.0 Å². The first kappa shape index (κ1) is 22.5. The van der Waals surface area contributed by atoms with Crippen LogP contribution in [0.3, 0.4) is 0 Å². The van der Waals surface area contributed by atoms with Crippen molar-refractivity contribution in [2.45, 2.75) is 17.1 Å². The van der Waals surface area contributed by atoms with E-state index < -0.39 is 0 Å². The van der Waals surface area contributed by atoms with Crippen LogP contribution in [0.25, 0.3) is 5.65 Å². The summed E-state index contributed by atoms with van der Waals surface area (Å²) in [6.45, 7) is 0.602. The monoisotopic (exact) mass is 462 g/mol. The average molecular weight is 463 g/mol. The number of carbonyl (C=O) groups excluding carboxylic acids is 2. The molecule has 6 nitrogen and oxygen atoms in total. The highest BCUT2D eigenvalue weighted by atomic mass is 32.2. The normalized spacial score (nSPS) is 10.8. The third-order valence-corrected chi connectivity index (χ3v) is 5.95. The average Bonchev–Trinajstić information content (AvgIpc) is 3.24. The van der Waals surface area contributed by atoms with Gasteiger partial charge in [0.25, 0.3) is 5.91 Å². The number of amides is 2. The number of carbonyl (C=O) groups is 2. The second kappa shape index (κ2) is 10.8. The Morgan fingerprint density at radius 1 is 0.970 bits per heavy atom. The zero-order valence-electron chi connectivity index (χ0n) is 17.8. The van der Waals surface area contributed by atoms with Crippen LogP contribution in [0.2, 0.25) is 0 Å². The minimum atomic E-state index is -0.368. The van der Waals surface area contributed by atoms with Crippen LogP contribution in [-0.2, 0) is 17.0 Å². The highest BCUT2D eigenvalue weighted by Gasteiger charge is 2.08. The molecule has 8 heteroatoms. The number of nitrogens with one attached hydrogen (secondary N) is 2. The van der Waals surface area contributed by atoms with Gasteiger partial charge in [0, 0.05) is 41.7 Å². The Morgan fingerprint density at radius 3 is 2.58 bits per heavy atom. The second-order valence-corrected chi connectivity index (χ2v) is 8.47. The topological polar surface area (TPSA) is 75.5 Å². The third kappa shape index (κ3) is 6.43. The van der Waals surface area contributed by atoms with Crippen molar-refractivity contribution < 1.29 is 14.0 Å². The molecule has 0 atom stereocenters. The first-order valence-corrected chi connectivity index (χ1v) is 11.5. The summed E-state index contributed by atoms with van der Waals surface area (Å²) in [4.78, 5) is 29.9. The van der Waals surface area contributed by atoms with Gasteiger partial charge in [-0.05, 0) is 54.1 Å². The van der Waals surface area contributed by atoms with Gasteiger partial charge in [-0.3, -0.25) is 9.59 Å². The first-order valence-electron chi connectivity index (χ1n) is 10.5. The molecule has 0 fully saturated rings. The molecule has 2 aromatic carbocycles. The van der Waals surface area contributed by atoms with E-state index in [0.29, 0.717) is 24.2 Å². The molecule has 2 amide bonds. The Balaban J connectivity index is 1.18. The van der Waals surface area contributed by atoms with Crippen molar-refractivity contribution in [3.63, 3.8) is 0 Å². The predicted molar refractivity (Wildman–Crippen MR) is 127 cm³/mol. The maximum atomic E-state index is 13.2.